The van der Waals surface area contributed by atoms with Crippen molar-refractivity contribution in [3.05, 3.63) is 29.3 Å². The number of nitrogens with zero attached hydrogens (tertiary/aromatic N) is 1. The molecule has 2 amide bonds. The Bertz CT molecular complexity index is 844. The van der Waals surface area contributed by atoms with Crippen LogP contribution in [-0.2, 0) is 14.8 Å². The highest BCUT2D eigenvalue weighted by atomic mass is 32.2. The summed E-state index contributed by atoms with van der Waals surface area (Å²) in [4.78, 5) is 35.5. The fourth-order valence-corrected chi connectivity index (χ4v) is 4.43. The van der Waals surface area contributed by atoms with Gasteiger partial charge in [-0.25, -0.2) is 17.5 Å². The van der Waals surface area contributed by atoms with Crippen molar-refractivity contribution in [1.29, 1.82) is 0 Å². The zero-order valence-corrected chi connectivity index (χ0v) is 15.1. The lowest BCUT2D eigenvalue weighted by Crippen LogP contribution is -2.44. The van der Waals surface area contributed by atoms with Gasteiger partial charge >= 0.3 is 5.97 Å². The van der Waals surface area contributed by atoms with E-state index in [1.54, 1.807) is 27.7 Å². The smallest absolute Gasteiger partial charge is 0.326 e. The van der Waals surface area contributed by atoms with Crippen LogP contribution in [0.2, 0.25) is 0 Å². The van der Waals surface area contributed by atoms with Gasteiger partial charge in [0.2, 0.25) is 0 Å². The summed E-state index contributed by atoms with van der Waals surface area (Å²) < 4.78 is 25.8. The molecule has 1 aromatic rings. The molecule has 1 aliphatic heterocycles. The molecule has 0 saturated carbocycles. The number of amides is 2. The lowest BCUT2D eigenvalue weighted by molar-refractivity contribution is -0.140. The maximum Gasteiger partial charge on any atom is 0.326 e. The van der Waals surface area contributed by atoms with E-state index in [4.69, 9.17) is 5.11 Å². The van der Waals surface area contributed by atoms with Crippen LogP contribution in [0.15, 0.2) is 23.1 Å². The third-order valence-corrected chi connectivity index (χ3v) is 5.90. The first-order valence-corrected chi connectivity index (χ1v) is 9.19. The zero-order valence-electron chi connectivity index (χ0n) is 14.3. The summed E-state index contributed by atoms with van der Waals surface area (Å²) >= 11 is 0. The van der Waals surface area contributed by atoms with Gasteiger partial charge in [0.25, 0.3) is 21.8 Å². The first-order valence-electron chi connectivity index (χ1n) is 7.75. The van der Waals surface area contributed by atoms with Crippen LogP contribution in [0.1, 0.15) is 48.4 Å². The second-order valence-electron chi connectivity index (χ2n) is 6.44. The largest absolute Gasteiger partial charge is 0.480 e. The third-order valence-electron chi connectivity index (χ3n) is 3.90. The van der Waals surface area contributed by atoms with Crippen LogP contribution >= 0.6 is 0 Å². The number of nitrogens with one attached hydrogen (secondary N) is 1. The third kappa shape index (κ3) is 3.23. The molecule has 0 aliphatic carbocycles. The van der Waals surface area contributed by atoms with E-state index >= 15 is 0 Å². The van der Waals surface area contributed by atoms with Gasteiger partial charge in [0.15, 0.2) is 0 Å². The van der Waals surface area contributed by atoms with E-state index in [9.17, 15) is 22.8 Å². The standard InChI is InChI=1S/C16H20N2O6S/c1-8(2)13(16(21)22)17-14(19)10-5-6-11-12(7-10)25(23,24)18(9(3)4)15(11)20/h5-9,13H,1-4H3,(H,17,19)(H,21,22)/t13-/m0/s1. The first kappa shape index (κ1) is 18.9. The van der Waals surface area contributed by atoms with E-state index in [0.29, 0.717) is 0 Å². The molecule has 2 N–H and O–H groups in total. The van der Waals surface area contributed by atoms with E-state index in [1.807, 2.05) is 0 Å². The minimum absolute atomic E-state index is 0.00361. The van der Waals surface area contributed by atoms with Crippen LogP contribution < -0.4 is 5.32 Å². The predicted octanol–water partition coefficient (Wildman–Crippen LogP) is 1.08. The molecule has 0 spiro atoms. The van der Waals surface area contributed by atoms with Gasteiger partial charge in [-0.05, 0) is 38.0 Å². The fourth-order valence-electron chi connectivity index (χ4n) is 2.64. The molecular weight excluding hydrogens is 348 g/mol. The number of carboxylic acid groups (broad SMARTS) is 1. The van der Waals surface area contributed by atoms with Crippen molar-refractivity contribution < 1.29 is 27.9 Å². The van der Waals surface area contributed by atoms with E-state index in [2.05, 4.69) is 5.32 Å². The number of benzene rings is 1. The first-order chi connectivity index (χ1) is 11.5. The minimum Gasteiger partial charge on any atom is -0.480 e. The molecule has 0 saturated heterocycles. The van der Waals surface area contributed by atoms with E-state index < -0.39 is 39.9 Å². The van der Waals surface area contributed by atoms with Gasteiger partial charge in [0, 0.05) is 11.6 Å². The SMILES string of the molecule is CC(C)[C@H](NC(=O)c1ccc2c(c1)S(=O)(=O)N(C(C)C)C2=O)C(=O)O. The molecule has 136 valence electrons. The van der Waals surface area contributed by atoms with E-state index in [0.717, 1.165) is 10.4 Å². The normalized spacial score (nSPS) is 16.9. The second kappa shape index (κ2) is 6.47. The Morgan fingerprint density at radius 3 is 2.24 bits per heavy atom. The molecule has 0 fully saturated rings. The molecule has 0 radical (unpaired) electrons. The Labute approximate surface area is 145 Å². The van der Waals surface area contributed by atoms with Crippen molar-refractivity contribution in [3.8, 4) is 0 Å². The van der Waals surface area contributed by atoms with Gasteiger partial charge in [0.05, 0.1) is 5.56 Å². The number of carboxylic acids is 1. The molecule has 2 rings (SSSR count). The Morgan fingerprint density at radius 2 is 1.76 bits per heavy atom. The summed E-state index contributed by atoms with van der Waals surface area (Å²) in [5, 5.41) is 11.5. The predicted molar refractivity (Wildman–Crippen MR) is 88.7 cm³/mol. The van der Waals surface area contributed by atoms with Gasteiger partial charge in [-0.1, -0.05) is 13.8 Å². The van der Waals surface area contributed by atoms with Gasteiger partial charge in [-0.2, -0.15) is 0 Å². The summed E-state index contributed by atoms with van der Waals surface area (Å²) in [5.74, 6) is -2.88. The maximum absolute atomic E-state index is 12.5. The van der Waals surface area contributed by atoms with Crippen molar-refractivity contribution in [3.63, 3.8) is 0 Å². The maximum atomic E-state index is 12.5. The van der Waals surface area contributed by atoms with Crippen LogP contribution in [0.25, 0.3) is 0 Å². The molecule has 8 nitrogen and oxygen atoms in total. The Morgan fingerprint density at radius 1 is 1.16 bits per heavy atom. The molecule has 0 unspecified atom stereocenters. The number of hydrogen-bond acceptors (Lipinski definition) is 5. The molecule has 1 aliphatic rings. The van der Waals surface area contributed by atoms with Gasteiger partial charge in [-0.15, -0.1) is 0 Å². The lowest BCUT2D eigenvalue weighted by atomic mass is 10.0. The van der Waals surface area contributed by atoms with Crippen LogP contribution in [0.5, 0.6) is 0 Å². The Balaban J connectivity index is 2.41. The number of carbonyl (C=O) groups excluding carboxylic acids is 2. The molecule has 0 aromatic heterocycles. The molecule has 1 heterocycles. The number of aliphatic carboxylic acids is 1. The quantitative estimate of drug-likeness (QED) is 0.802. The number of rotatable bonds is 5. The van der Waals surface area contributed by atoms with Crippen molar-refractivity contribution in [2.75, 3.05) is 0 Å². The summed E-state index contributed by atoms with van der Waals surface area (Å²) in [6, 6.07) is 2.03. The number of sulfonamides is 1. The van der Waals surface area contributed by atoms with Gasteiger partial charge in [0.1, 0.15) is 10.9 Å². The molecule has 1 atom stereocenters. The molecule has 9 heteroatoms. The Hall–Kier alpha value is -2.42. The summed E-state index contributed by atoms with van der Waals surface area (Å²) in [6.07, 6.45) is 0. The fraction of sp³-hybridized carbons (Fsp3) is 0.438. The monoisotopic (exact) mass is 368 g/mol. The van der Waals surface area contributed by atoms with Crippen LogP contribution in [0.4, 0.5) is 0 Å². The molecule has 0 bridgehead atoms. The number of hydrogen-bond donors (Lipinski definition) is 2. The average Bonchev–Trinajstić information content (AvgIpc) is 2.70. The van der Waals surface area contributed by atoms with Crippen LogP contribution in [0, 0.1) is 5.92 Å². The Kier molecular flexibility index (Phi) is 4.90. The number of fused-ring (bicyclic) bond motifs is 1. The zero-order chi connectivity index (χ0) is 19.1. The summed E-state index contributed by atoms with van der Waals surface area (Å²) in [5.41, 5.74) is -0.0171. The van der Waals surface area contributed by atoms with Crippen molar-refractivity contribution in [1.82, 2.24) is 9.62 Å². The summed E-state index contributed by atoms with van der Waals surface area (Å²) in [6.45, 7) is 6.45. The minimum atomic E-state index is -4.02. The number of carbonyl (C=O) groups is 3. The average molecular weight is 368 g/mol. The molecule has 1 aromatic carbocycles. The van der Waals surface area contributed by atoms with Crippen molar-refractivity contribution >= 4 is 27.8 Å². The lowest BCUT2D eigenvalue weighted by Gasteiger charge is -2.19. The summed E-state index contributed by atoms with van der Waals surface area (Å²) in [7, 11) is -4.02. The highest BCUT2D eigenvalue weighted by Crippen LogP contribution is 2.32. The highest BCUT2D eigenvalue weighted by Gasteiger charge is 2.43. The molecule has 25 heavy (non-hydrogen) atoms. The van der Waals surface area contributed by atoms with Gasteiger partial charge < -0.3 is 10.4 Å². The molecular formula is C16H20N2O6S. The second-order valence-corrected chi connectivity index (χ2v) is 8.23. The van der Waals surface area contributed by atoms with Crippen LogP contribution in [0.3, 0.4) is 0 Å². The van der Waals surface area contributed by atoms with Crippen LogP contribution in [-0.4, -0.2) is 47.7 Å². The van der Waals surface area contributed by atoms with E-state index in [-0.39, 0.29) is 21.9 Å². The van der Waals surface area contributed by atoms with Gasteiger partial charge in [-0.3, -0.25) is 9.59 Å². The topological polar surface area (TPSA) is 121 Å². The van der Waals surface area contributed by atoms with Crippen molar-refractivity contribution in [2.24, 2.45) is 5.92 Å². The highest BCUT2D eigenvalue weighted by molar-refractivity contribution is 7.90. The van der Waals surface area contributed by atoms with Crippen molar-refractivity contribution in [2.45, 2.75) is 44.7 Å². The van der Waals surface area contributed by atoms with E-state index in [1.165, 1.54) is 12.1 Å².